The Bertz CT molecular complexity index is 445. The maximum atomic E-state index is 5.84. The molecular weight excluding hydrogens is 220 g/mol. The van der Waals surface area contributed by atoms with Crippen LogP contribution in [0.5, 0.6) is 0 Å². The molecule has 0 fully saturated rings. The van der Waals surface area contributed by atoms with Crippen molar-refractivity contribution in [3.63, 3.8) is 0 Å². The summed E-state index contributed by atoms with van der Waals surface area (Å²) in [6.07, 6.45) is 5.99. The molecule has 1 aromatic heterocycles. The van der Waals surface area contributed by atoms with Crippen LogP contribution in [0.15, 0.2) is 36.8 Å². The van der Waals surface area contributed by atoms with Crippen LogP contribution >= 0.6 is 11.6 Å². The molecule has 1 aromatic carbocycles. The van der Waals surface area contributed by atoms with Crippen molar-refractivity contribution in [1.29, 1.82) is 0 Å². The summed E-state index contributed by atoms with van der Waals surface area (Å²) in [5.74, 6) is 0. The fourth-order valence-electron chi connectivity index (χ4n) is 1.63. The Hall–Kier alpha value is -1.28. The third-order valence-electron chi connectivity index (χ3n) is 2.63. The average Bonchev–Trinajstić information content (AvgIpc) is 2.76. The van der Waals surface area contributed by atoms with E-state index in [0.29, 0.717) is 0 Å². The van der Waals surface area contributed by atoms with Crippen molar-refractivity contribution in [3.8, 4) is 0 Å². The molecule has 3 heteroatoms. The number of hydrogen-bond acceptors (Lipinski definition) is 1. The van der Waals surface area contributed by atoms with Gasteiger partial charge in [0.1, 0.15) is 0 Å². The van der Waals surface area contributed by atoms with Gasteiger partial charge in [0.25, 0.3) is 0 Å². The molecule has 2 aromatic rings. The summed E-state index contributed by atoms with van der Waals surface area (Å²) in [6, 6.07) is 8.00. The van der Waals surface area contributed by atoms with Gasteiger partial charge in [-0.25, -0.2) is 4.98 Å². The number of aryl methyl sites for hydroxylation is 3. The summed E-state index contributed by atoms with van der Waals surface area (Å²) < 4.78 is 2.09. The van der Waals surface area contributed by atoms with Crippen LogP contribution in [0.1, 0.15) is 18.2 Å². The van der Waals surface area contributed by atoms with E-state index < -0.39 is 0 Å². The molecule has 0 spiro atoms. The fourth-order valence-corrected chi connectivity index (χ4v) is 1.76. The van der Waals surface area contributed by atoms with Crippen LogP contribution in [0, 0.1) is 0 Å². The molecule has 0 aliphatic heterocycles. The van der Waals surface area contributed by atoms with Crippen molar-refractivity contribution in [2.24, 2.45) is 0 Å². The van der Waals surface area contributed by atoms with E-state index in [-0.39, 0.29) is 0 Å². The molecule has 2 rings (SSSR count). The predicted molar refractivity (Wildman–Crippen MR) is 66.8 cm³/mol. The molecule has 0 saturated carbocycles. The van der Waals surface area contributed by atoms with Crippen LogP contribution < -0.4 is 0 Å². The number of imidazole rings is 1. The number of aromatic nitrogens is 2. The lowest BCUT2D eigenvalue weighted by Crippen LogP contribution is -1.92. The molecule has 16 heavy (non-hydrogen) atoms. The Morgan fingerprint density at radius 2 is 1.94 bits per heavy atom. The molecule has 0 saturated heterocycles. The summed E-state index contributed by atoms with van der Waals surface area (Å²) in [6.45, 7) is 3.10. The van der Waals surface area contributed by atoms with Crippen LogP contribution in [-0.2, 0) is 19.4 Å². The first-order valence-corrected chi connectivity index (χ1v) is 5.91. The average molecular weight is 235 g/mol. The fraction of sp³-hybridized carbons (Fsp3) is 0.308. The monoisotopic (exact) mass is 234 g/mol. The van der Waals surface area contributed by atoms with Gasteiger partial charge in [-0.2, -0.15) is 0 Å². The summed E-state index contributed by atoms with van der Waals surface area (Å²) >= 11 is 5.84. The molecule has 2 nitrogen and oxygen atoms in total. The lowest BCUT2D eigenvalue weighted by Gasteiger charge is -1.99. The number of benzene rings is 1. The van der Waals surface area contributed by atoms with Crippen LogP contribution in [-0.4, -0.2) is 9.55 Å². The smallest absolute Gasteiger partial charge is 0.0949 e. The lowest BCUT2D eigenvalue weighted by molar-refractivity contribution is 0.760. The largest absolute Gasteiger partial charge is 0.337 e. The van der Waals surface area contributed by atoms with Crippen molar-refractivity contribution >= 4 is 11.6 Å². The maximum Gasteiger partial charge on any atom is 0.0949 e. The van der Waals surface area contributed by atoms with Crippen molar-refractivity contribution in [2.75, 3.05) is 0 Å². The minimum absolute atomic E-state index is 0.791. The third-order valence-corrected chi connectivity index (χ3v) is 2.89. The number of hydrogen-bond donors (Lipinski definition) is 0. The highest BCUT2D eigenvalue weighted by Gasteiger charge is 1.99. The van der Waals surface area contributed by atoms with Crippen molar-refractivity contribution in [3.05, 3.63) is 53.1 Å². The zero-order chi connectivity index (χ0) is 11.4. The van der Waals surface area contributed by atoms with Crippen molar-refractivity contribution in [2.45, 2.75) is 26.3 Å². The highest BCUT2D eigenvalue weighted by molar-refractivity contribution is 6.30. The van der Waals surface area contributed by atoms with E-state index in [2.05, 4.69) is 34.8 Å². The third kappa shape index (κ3) is 2.86. The number of rotatable bonds is 4. The SMILES string of the molecule is CCn1cnc(CCc2ccc(Cl)cc2)c1. The first-order valence-electron chi connectivity index (χ1n) is 5.53. The van der Waals surface area contributed by atoms with Crippen LogP contribution in [0.25, 0.3) is 0 Å². The highest BCUT2D eigenvalue weighted by atomic mass is 35.5. The molecular formula is C13H15ClN2. The van der Waals surface area contributed by atoms with Gasteiger partial charge in [0, 0.05) is 17.8 Å². The van der Waals surface area contributed by atoms with Gasteiger partial charge < -0.3 is 4.57 Å². The Morgan fingerprint density at radius 1 is 1.19 bits per heavy atom. The van der Waals surface area contributed by atoms with E-state index in [9.17, 15) is 0 Å². The standard InChI is InChI=1S/C13H15ClN2/c1-2-16-9-13(15-10-16)8-5-11-3-6-12(14)7-4-11/h3-4,6-7,9-10H,2,5,8H2,1H3. The van der Waals surface area contributed by atoms with E-state index in [1.807, 2.05) is 18.5 Å². The number of nitrogens with zero attached hydrogens (tertiary/aromatic N) is 2. The van der Waals surface area contributed by atoms with E-state index >= 15 is 0 Å². The lowest BCUT2D eigenvalue weighted by atomic mass is 10.1. The molecule has 0 atom stereocenters. The normalized spacial score (nSPS) is 10.6. The molecule has 0 radical (unpaired) electrons. The van der Waals surface area contributed by atoms with Gasteiger partial charge in [0.2, 0.25) is 0 Å². The van der Waals surface area contributed by atoms with Gasteiger partial charge >= 0.3 is 0 Å². The zero-order valence-electron chi connectivity index (χ0n) is 9.36. The minimum atomic E-state index is 0.791. The Morgan fingerprint density at radius 3 is 2.56 bits per heavy atom. The second-order valence-corrected chi connectivity index (χ2v) is 4.26. The Labute approximate surface area is 101 Å². The minimum Gasteiger partial charge on any atom is -0.337 e. The maximum absolute atomic E-state index is 5.84. The predicted octanol–water partition coefficient (Wildman–Crippen LogP) is 3.34. The molecule has 0 aliphatic carbocycles. The van der Waals surface area contributed by atoms with E-state index in [4.69, 9.17) is 11.6 Å². The van der Waals surface area contributed by atoms with Crippen LogP contribution in [0.2, 0.25) is 5.02 Å². The van der Waals surface area contributed by atoms with E-state index in [1.165, 1.54) is 5.56 Å². The summed E-state index contributed by atoms with van der Waals surface area (Å²) in [5.41, 5.74) is 2.45. The van der Waals surface area contributed by atoms with Crippen molar-refractivity contribution in [1.82, 2.24) is 9.55 Å². The molecule has 84 valence electrons. The second kappa shape index (κ2) is 5.17. The summed E-state index contributed by atoms with van der Waals surface area (Å²) in [4.78, 5) is 4.36. The molecule has 0 bridgehead atoms. The summed E-state index contributed by atoms with van der Waals surface area (Å²) in [5, 5.41) is 0.791. The molecule has 0 amide bonds. The van der Waals surface area contributed by atoms with Crippen molar-refractivity contribution < 1.29 is 0 Å². The van der Waals surface area contributed by atoms with Gasteiger partial charge in [0.15, 0.2) is 0 Å². The highest BCUT2D eigenvalue weighted by Crippen LogP contribution is 2.11. The molecule has 0 N–H and O–H groups in total. The molecule has 0 aliphatic rings. The second-order valence-electron chi connectivity index (χ2n) is 3.82. The first kappa shape index (κ1) is 11.2. The van der Waals surface area contributed by atoms with Crippen LogP contribution in [0.4, 0.5) is 0 Å². The van der Waals surface area contributed by atoms with Gasteiger partial charge in [-0.3, -0.25) is 0 Å². The zero-order valence-corrected chi connectivity index (χ0v) is 10.1. The van der Waals surface area contributed by atoms with E-state index in [1.54, 1.807) is 0 Å². The molecule has 1 heterocycles. The first-order chi connectivity index (χ1) is 7.78. The quantitative estimate of drug-likeness (QED) is 0.794. The van der Waals surface area contributed by atoms with Gasteiger partial charge in [0.05, 0.1) is 12.0 Å². The van der Waals surface area contributed by atoms with Gasteiger partial charge in [-0.15, -0.1) is 0 Å². The van der Waals surface area contributed by atoms with Crippen LogP contribution in [0.3, 0.4) is 0 Å². The van der Waals surface area contributed by atoms with E-state index in [0.717, 1.165) is 30.1 Å². The van der Waals surface area contributed by atoms with Gasteiger partial charge in [-0.05, 0) is 37.5 Å². The Kier molecular flexibility index (Phi) is 3.62. The molecule has 0 unspecified atom stereocenters. The Balaban J connectivity index is 1.94. The number of halogens is 1. The van der Waals surface area contributed by atoms with Gasteiger partial charge in [-0.1, -0.05) is 23.7 Å². The summed E-state index contributed by atoms with van der Waals surface area (Å²) in [7, 11) is 0. The topological polar surface area (TPSA) is 17.8 Å².